The molecule has 6 nitrogen and oxygen atoms in total. The van der Waals surface area contributed by atoms with E-state index in [1.807, 2.05) is 31.3 Å². The van der Waals surface area contributed by atoms with Gasteiger partial charge in [-0.2, -0.15) is 0 Å². The fourth-order valence-corrected chi connectivity index (χ4v) is 2.77. The number of hydrogen-bond donors (Lipinski definition) is 4. The summed E-state index contributed by atoms with van der Waals surface area (Å²) in [6.07, 6.45) is 1.89. The number of aliphatic hydroxyl groups is 1. The largest absolute Gasteiger partial charge is 0.373 e. The van der Waals surface area contributed by atoms with E-state index in [0.29, 0.717) is 29.6 Å². The van der Waals surface area contributed by atoms with Gasteiger partial charge in [0.1, 0.15) is 5.69 Å². The van der Waals surface area contributed by atoms with Crippen LogP contribution in [0.4, 0.5) is 0 Å². The highest BCUT2D eigenvalue weighted by atomic mass is 35.5. The molecule has 3 aromatic rings. The van der Waals surface area contributed by atoms with E-state index in [9.17, 15) is 5.11 Å². The first-order valence-corrected chi connectivity index (χ1v) is 8.38. The first-order valence-electron chi connectivity index (χ1n) is 8.00. The Bertz CT molecular complexity index is 799. The minimum absolute atomic E-state index is 0.491. The van der Waals surface area contributed by atoms with Crippen LogP contribution in [-0.4, -0.2) is 28.3 Å². The van der Waals surface area contributed by atoms with Crippen molar-refractivity contribution in [2.45, 2.75) is 26.1 Å². The van der Waals surface area contributed by atoms with E-state index in [2.05, 4.69) is 20.8 Å². The van der Waals surface area contributed by atoms with Gasteiger partial charge >= 0.3 is 0 Å². The van der Waals surface area contributed by atoms with Crippen LogP contribution in [-0.2, 0) is 13.0 Å². The Kier molecular flexibility index (Phi) is 5.52. The molecule has 1 unspecified atom stereocenters. The number of nitrogens with zero attached hydrogens (tertiary/aromatic N) is 1. The van der Waals surface area contributed by atoms with Crippen LogP contribution in [0.25, 0.3) is 10.9 Å². The van der Waals surface area contributed by atoms with Crippen LogP contribution in [0.3, 0.4) is 0 Å². The maximum atomic E-state index is 10.2. The van der Waals surface area contributed by atoms with Crippen molar-refractivity contribution in [2.75, 3.05) is 13.1 Å². The molecule has 0 spiro atoms. The Morgan fingerprint density at radius 3 is 3.08 bits per heavy atom. The standard InChI is InChI=1S/C17H21ClN4O2/c1-2-19-10-13-8-16(22-24-13)17(23)20-6-5-11-9-21-15-4-3-12(18)7-14(11)15/h3-4,7-9,17,19-21,23H,2,5-6,10H2,1H3. The van der Waals surface area contributed by atoms with Gasteiger partial charge in [0.05, 0.1) is 6.54 Å². The van der Waals surface area contributed by atoms with Gasteiger partial charge in [-0.1, -0.05) is 23.7 Å². The van der Waals surface area contributed by atoms with Gasteiger partial charge in [-0.05, 0) is 36.7 Å². The second-order valence-corrected chi connectivity index (χ2v) is 6.05. The SMILES string of the molecule is CCNCc1cc(C(O)NCCc2c[nH]c3ccc(Cl)cc23)no1. The number of halogens is 1. The molecule has 2 aromatic heterocycles. The van der Waals surface area contributed by atoms with E-state index in [4.69, 9.17) is 16.1 Å². The molecule has 128 valence electrons. The Hall–Kier alpha value is -1.86. The van der Waals surface area contributed by atoms with E-state index in [0.717, 1.165) is 29.4 Å². The molecule has 0 radical (unpaired) electrons. The molecular weight excluding hydrogens is 328 g/mol. The van der Waals surface area contributed by atoms with Crippen LogP contribution >= 0.6 is 11.6 Å². The number of benzene rings is 1. The van der Waals surface area contributed by atoms with E-state index in [1.54, 1.807) is 6.07 Å². The zero-order chi connectivity index (χ0) is 16.9. The predicted molar refractivity (Wildman–Crippen MR) is 93.9 cm³/mol. The van der Waals surface area contributed by atoms with Gasteiger partial charge < -0.3 is 19.9 Å². The normalized spacial score (nSPS) is 12.8. The number of aliphatic hydroxyl groups excluding tert-OH is 1. The number of hydrogen-bond acceptors (Lipinski definition) is 5. The third kappa shape index (κ3) is 3.96. The van der Waals surface area contributed by atoms with Crippen LogP contribution in [0.5, 0.6) is 0 Å². The molecule has 7 heteroatoms. The molecule has 0 fully saturated rings. The Morgan fingerprint density at radius 1 is 1.38 bits per heavy atom. The van der Waals surface area contributed by atoms with Crippen molar-refractivity contribution >= 4 is 22.5 Å². The molecule has 1 aromatic carbocycles. The van der Waals surface area contributed by atoms with Crippen molar-refractivity contribution in [1.29, 1.82) is 0 Å². The van der Waals surface area contributed by atoms with Gasteiger partial charge in [0.15, 0.2) is 12.0 Å². The molecule has 4 N–H and O–H groups in total. The molecule has 1 atom stereocenters. The molecule has 0 amide bonds. The average molecular weight is 349 g/mol. The number of rotatable bonds is 8. The molecule has 0 aliphatic rings. The molecule has 0 saturated heterocycles. The third-order valence-corrected chi connectivity index (χ3v) is 4.10. The third-order valence-electron chi connectivity index (χ3n) is 3.87. The summed E-state index contributed by atoms with van der Waals surface area (Å²) in [6, 6.07) is 7.53. The number of H-pyrrole nitrogens is 1. The van der Waals surface area contributed by atoms with Crippen LogP contribution in [0.15, 0.2) is 35.0 Å². The lowest BCUT2D eigenvalue weighted by Crippen LogP contribution is -2.23. The molecule has 2 heterocycles. The quantitative estimate of drug-likeness (QED) is 0.470. The van der Waals surface area contributed by atoms with Gasteiger partial charge in [-0.15, -0.1) is 0 Å². The highest BCUT2D eigenvalue weighted by molar-refractivity contribution is 6.31. The van der Waals surface area contributed by atoms with Crippen LogP contribution in [0.2, 0.25) is 5.02 Å². The van der Waals surface area contributed by atoms with Gasteiger partial charge in [0.25, 0.3) is 0 Å². The molecule has 0 aliphatic carbocycles. The van der Waals surface area contributed by atoms with Gasteiger partial charge in [-0.25, -0.2) is 0 Å². The van der Waals surface area contributed by atoms with Crippen molar-refractivity contribution in [3.63, 3.8) is 0 Å². The average Bonchev–Trinajstić information content (AvgIpc) is 3.20. The fourth-order valence-electron chi connectivity index (χ4n) is 2.59. The lowest BCUT2D eigenvalue weighted by Gasteiger charge is -2.09. The topological polar surface area (TPSA) is 86.1 Å². The summed E-state index contributed by atoms with van der Waals surface area (Å²) >= 11 is 6.06. The molecule has 24 heavy (non-hydrogen) atoms. The number of nitrogens with one attached hydrogen (secondary N) is 3. The summed E-state index contributed by atoms with van der Waals surface area (Å²) < 4.78 is 5.18. The van der Waals surface area contributed by atoms with Crippen molar-refractivity contribution in [2.24, 2.45) is 0 Å². The van der Waals surface area contributed by atoms with Crippen molar-refractivity contribution in [1.82, 2.24) is 20.8 Å². The molecule has 0 aliphatic heterocycles. The highest BCUT2D eigenvalue weighted by Gasteiger charge is 2.13. The molecule has 3 rings (SSSR count). The fraction of sp³-hybridized carbons (Fsp3) is 0.353. The number of aromatic amines is 1. The Morgan fingerprint density at radius 2 is 2.25 bits per heavy atom. The molecule has 0 bridgehead atoms. The number of fused-ring (bicyclic) bond motifs is 1. The summed E-state index contributed by atoms with van der Waals surface area (Å²) in [4.78, 5) is 3.22. The summed E-state index contributed by atoms with van der Waals surface area (Å²) in [6.45, 7) is 4.08. The lowest BCUT2D eigenvalue weighted by molar-refractivity contribution is 0.130. The zero-order valence-corrected chi connectivity index (χ0v) is 14.2. The van der Waals surface area contributed by atoms with Gasteiger partial charge in [0.2, 0.25) is 0 Å². The maximum Gasteiger partial charge on any atom is 0.151 e. The molecular formula is C17H21ClN4O2. The summed E-state index contributed by atoms with van der Waals surface area (Å²) in [5.41, 5.74) is 2.70. The summed E-state index contributed by atoms with van der Waals surface area (Å²) in [5.74, 6) is 0.707. The first kappa shape index (κ1) is 17.0. The van der Waals surface area contributed by atoms with Crippen molar-refractivity contribution in [3.05, 3.63) is 52.5 Å². The predicted octanol–water partition coefficient (Wildman–Crippen LogP) is 2.74. The monoisotopic (exact) mass is 348 g/mol. The second-order valence-electron chi connectivity index (χ2n) is 5.61. The Balaban J connectivity index is 1.55. The number of aromatic nitrogens is 2. The zero-order valence-electron chi connectivity index (χ0n) is 13.5. The van der Waals surface area contributed by atoms with Crippen LogP contribution in [0.1, 0.15) is 30.2 Å². The summed E-state index contributed by atoms with van der Waals surface area (Å²) in [7, 11) is 0. The Labute approximate surface area is 145 Å². The highest BCUT2D eigenvalue weighted by Crippen LogP contribution is 2.22. The van der Waals surface area contributed by atoms with Crippen LogP contribution < -0.4 is 10.6 Å². The first-order chi connectivity index (χ1) is 11.7. The van der Waals surface area contributed by atoms with Crippen LogP contribution in [0, 0.1) is 0 Å². The smallest absolute Gasteiger partial charge is 0.151 e. The van der Waals surface area contributed by atoms with E-state index < -0.39 is 6.23 Å². The van der Waals surface area contributed by atoms with E-state index >= 15 is 0 Å². The summed E-state index contributed by atoms with van der Waals surface area (Å²) in [5, 5.41) is 22.1. The van der Waals surface area contributed by atoms with Crippen molar-refractivity contribution < 1.29 is 9.63 Å². The maximum absolute atomic E-state index is 10.2. The van der Waals surface area contributed by atoms with E-state index in [-0.39, 0.29) is 0 Å². The van der Waals surface area contributed by atoms with Gasteiger partial charge in [-0.3, -0.25) is 5.32 Å². The van der Waals surface area contributed by atoms with Gasteiger partial charge in [0, 0.05) is 34.7 Å². The molecule has 0 saturated carbocycles. The lowest BCUT2D eigenvalue weighted by atomic mass is 10.1. The minimum Gasteiger partial charge on any atom is -0.373 e. The second kappa shape index (κ2) is 7.81. The van der Waals surface area contributed by atoms with E-state index in [1.165, 1.54) is 0 Å². The minimum atomic E-state index is -0.849. The van der Waals surface area contributed by atoms with Crippen molar-refractivity contribution in [3.8, 4) is 0 Å².